The topological polar surface area (TPSA) is 46.1 Å². The van der Waals surface area contributed by atoms with Crippen LogP contribution < -0.4 is 10.6 Å². The molecule has 0 unspecified atom stereocenters. The molecule has 2 aliphatic rings. The maximum absolute atomic E-state index is 12.3. The molecule has 3 rings (SSSR count). The molecular weight excluding hydrogens is 238 g/mol. The van der Waals surface area contributed by atoms with Crippen molar-refractivity contribution < 1.29 is 4.79 Å². The smallest absolute Gasteiger partial charge is 0.267 e. The Balaban J connectivity index is 1.62. The predicted octanol–water partition coefficient (Wildman–Crippen LogP) is 1.94. The molecule has 1 aliphatic heterocycles. The van der Waals surface area contributed by atoms with Gasteiger partial charge in [-0.3, -0.25) is 4.79 Å². The van der Waals surface area contributed by atoms with Crippen LogP contribution in [0, 0.1) is 5.92 Å². The lowest BCUT2D eigenvalue weighted by atomic mass is 9.85. The SMILES string of the molecule is O=C(NCC1CCC1)c1cccn1C1CCNCC1. The molecule has 2 fully saturated rings. The van der Waals surface area contributed by atoms with E-state index in [1.807, 2.05) is 18.3 Å². The normalized spacial score (nSPS) is 21.1. The molecule has 0 spiro atoms. The van der Waals surface area contributed by atoms with Gasteiger partial charge in [0.2, 0.25) is 0 Å². The van der Waals surface area contributed by atoms with Gasteiger partial charge >= 0.3 is 0 Å². The van der Waals surface area contributed by atoms with Crippen LogP contribution in [-0.4, -0.2) is 30.1 Å². The van der Waals surface area contributed by atoms with Crippen LogP contribution in [0.2, 0.25) is 0 Å². The summed E-state index contributed by atoms with van der Waals surface area (Å²) >= 11 is 0. The number of piperidine rings is 1. The van der Waals surface area contributed by atoms with Crippen LogP contribution in [0.25, 0.3) is 0 Å². The molecular formula is C15H23N3O. The molecule has 0 atom stereocenters. The number of nitrogens with one attached hydrogen (secondary N) is 2. The van der Waals surface area contributed by atoms with Crippen LogP contribution in [0.1, 0.15) is 48.6 Å². The van der Waals surface area contributed by atoms with Crippen LogP contribution in [0.5, 0.6) is 0 Å². The zero-order valence-electron chi connectivity index (χ0n) is 11.4. The van der Waals surface area contributed by atoms with E-state index in [1.165, 1.54) is 19.3 Å². The van der Waals surface area contributed by atoms with Gasteiger partial charge in [-0.05, 0) is 56.8 Å². The summed E-state index contributed by atoms with van der Waals surface area (Å²) in [4.78, 5) is 12.3. The lowest BCUT2D eigenvalue weighted by Gasteiger charge is -2.27. The fourth-order valence-electron chi connectivity index (χ4n) is 3.01. The second-order valence-electron chi connectivity index (χ2n) is 5.79. The molecule has 104 valence electrons. The molecule has 1 aromatic rings. The molecule has 0 aromatic carbocycles. The van der Waals surface area contributed by atoms with Gasteiger partial charge in [-0.25, -0.2) is 0 Å². The van der Waals surface area contributed by atoms with Gasteiger partial charge in [0.05, 0.1) is 0 Å². The third kappa shape index (κ3) is 2.84. The molecule has 1 saturated heterocycles. The summed E-state index contributed by atoms with van der Waals surface area (Å²) in [5.41, 5.74) is 0.825. The first kappa shape index (κ1) is 12.7. The average molecular weight is 261 g/mol. The van der Waals surface area contributed by atoms with E-state index >= 15 is 0 Å². The molecule has 2 heterocycles. The average Bonchev–Trinajstić information content (AvgIpc) is 2.87. The van der Waals surface area contributed by atoms with Crippen molar-refractivity contribution in [2.24, 2.45) is 5.92 Å². The molecule has 4 nitrogen and oxygen atoms in total. The molecule has 1 aromatic heterocycles. The van der Waals surface area contributed by atoms with Crippen molar-refractivity contribution in [3.63, 3.8) is 0 Å². The molecule has 2 N–H and O–H groups in total. The number of carbonyl (C=O) groups excluding carboxylic acids is 1. The second-order valence-corrected chi connectivity index (χ2v) is 5.79. The van der Waals surface area contributed by atoms with Gasteiger partial charge in [0.25, 0.3) is 5.91 Å². The first-order valence-electron chi connectivity index (χ1n) is 7.50. The summed E-state index contributed by atoms with van der Waals surface area (Å²) in [5.74, 6) is 0.807. The largest absolute Gasteiger partial charge is 0.350 e. The highest BCUT2D eigenvalue weighted by Gasteiger charge is 2.22. The van der Waals surface area contributed by atoms with E-state index in [9.17, 15) is 4.79 Å². The summed E-state index contributed by atoms with van der Waals surface area (Å²) in [6, 6.07) is 4.40. The molecule has 4 heteroatoms. The quantitative estimate of drug-likeness (QED) is 0.870. The fraction of sp³-hybridized carbons (Fsp3) is 0.667. The monoisotopic (exact) mass is 261 g/mol. The summed E-state index contributed by atoms with van der Waals surface area (Å²) in [7, 11) is 0. The van der Waals surface area contributed by atoms with E-state index < -0.39 is 0 Å². The van der Waals surface area contributed by atoms with E-state index in [0.29, 0.717) is 12.0 Å². The standard InChI is InChI=1S/C15H23N3O/c19-15(17-11-12-3-1-4-12)14-5-2-10-18(14)13-6-8-16-9-7-13/h2,5,10,12-13,16H,1,3-4,6-9,11H2,(H,17,19). The molecule has 1 amide bonds. The lowest BCUT2D eigenvalue weighted by Crippen LogP contribution is -2.35. The van der Waals surface area contributed by atoms with Crippen molar-refractivity contribution in [1.82, 2.24) is 15.2 Å². The van der Waals surface area contributed by atoms with E-state index in [1.54, 1.807) is 0 Å². The van der Waals surface area contributed by atoms with E-state index in [4.69, 9.17) is 0 Å². The summed E-state index contributed by atoms with van der Waals surface area (Å²) in [6.07, 6.45) is 8.14. The van der Waals surface area contributed by atoms with Crippen molar-refractivity contribution in [3.8, 4) is 0 Å². The van der Waals surface area contributed by atoms with E-state index in [-0.39, 0.29) is 5.91 Å². The molecule has 1 saturated carbocycles. The Labute approximate surface area is 114 Å². The van der Waals surface area contributed by atoms with Crippen molar-refractivity contribution in [3.05, 3.63) is 24.0 Å². The highest BCUT2D eigenvalue weighted by Crippen LogP contribution is 2.25. The maximum atomic E-state index is 12.3. The number of carbonyl (C=O) groups is 1. The van der Waals surface area contributed by atoms with Gasteiger partial charge in [-0.15, -0.1) is 0 Å². The van der Waals surface area contributed by atoms with Crippen molar-refractivity contribution in [2.45, 2.75) is 38.1 Å². The molecule has 1 aliphatic carbocycles. The summed E-state index contributed by atoms with van der Waals surface area (Å²) < 4.78 is 2.16. The number of rotatable bonds is 4. The van der Waals surface area contributed by atoms with Gasteiger partial charge in [-0.2, -0.15) is 0 Å². The van der Waals surface area contributed by atoms with Crippen molar-refractivity contribution in [1.29, 1.82) is 0 Å². The summed E-state index contributed by atoms with van der Waals surface area (Å²) in [5, 5.41) is 6.46. The maximum Gasteiger partial charge on any atom is 0.267 e. The second kappa shape index (κ2) is 5.78. The third-order valence-corrected chi connectivity index (χ3v) is 4.49. The minimum Gasteiger partial charge on any atom is -0.350 e. The zero-order valence-corrected chi connectivity index (χ0v) is 11.4. The first-order chi connectivity index (χ1) is 9.34. The minimum absolute atomic E-state index is 0.0930. The highest BCUT2D eigenvalue weighted by molar-refractivity contribution is 5.92. The zero-order chi connectivity index (χ0) is 13.1. The number of hydrogen-bond acceptors (Lipinski definition) is 2. The number of hydrogen-bond donors (Lipinski definition) is 2. The van der Waals surface area contributed by atoms with Gasteiger partial charge in [-0.1, -0.05) is 6.42 Å². The Morgan fingerprint density at radius 3 is 2.79 bits per heavy atom. The highest BCUT2D eigenvalue weighted by atomic mass is 16.1. The number of aromatic nitrogens is 1. The van der Waals surface area contributed by atoms with Gasteiger partial charge in [0.1, 0.15) is 5.69 Å². The number of nitrogens with zero attached hydrogens (tertiary/aromatic N) is 1. The van der Waals surface area contributed by atoms with Gasteiger partial charge < -0.3 is 15.2 Å². The molecule has 0 bridgehead atoms. The summed E-state index contributed by atoms with van der Waals surface area (Å²) in [6.45, 7) is 2.94. The third-order valence-electron chi connectivity index (χ3n) is 4.49. The Morgan fingerprint density at radius 1 is 1.32 bits per heavy atom. The van der Waals surface area contributed by atoms with Crippen LogP contribution >= 0.6 is 0 Å². The van der Waals surface area contributed by atoms with Crippen LogP contribution in [0.15, 0.2) is 18.3 Å². The fourth-order valence-corrected chi connectivity index (χ4v) is 3.01. The van der Waals surface area contributed by atoms with E-state index in [2.05, 4.69) is 15.2 Å². The number of amides is 1. The van der Waals surface area contributed by atoms with Gasteiger partial charge in [0, 0.05) is 18.8 Å². The Morgan fingerprint density at radius 2 is 2.11 bits per heavy atom. The van der Waals surface area contributed by atoms with Crippen molar-refractivity contribution >= 4 is 5.91 Å². The Bertz CT molecular complexity index is 430. The van der Waals surface area contributed by atoms with E-state index in [0.717, 1.165) is 38.2 Å². The van der Waals surface area contributed by atoms with Gasteiger partial charge in [0.15, 0.2) is 0 Å². The van der Waals surface area contributed by atoms with Crippen molar-refractivity contribution in [2.75, 3.05) is 19.6 Å². The molecule has 19 heavy (non-hydrogen) atoms. The van der Waals surface area contributed by atoms with Crippen LogP contribution in [0.3, 0.4) is 0 Å². The first-order valence-corrected chi connectivity index (χ1v) is 7.50. The van der Waals surface area contributed by atoms with Crippen LogP contribution in [-0.2, 0) is 0 Å². The Kier molecular flexibility index (Phi) is 3.87. The minimum atomic E-state index is 0.0930. The predicted molar refractivity (Wildman–Crippen MR) is 75.2 cm³/mol. The lowest BCUT2D eigenvalue weighted by molar-refractivity contribution is 0.0926. The Hall–Kier alpha value is -1.29. The van der Waals surface area contributed by atoms with Crippen LogP contribution in [0.4, 0.5) is 0 Å². The molecule has 0 radical (unpaired) electrons.